The molecule has 666 valence electrons. The van der Waals surface area contributed by atoms with Crippen molar-refractivity contribution >= 4 is 65.0 Å². The molecule has 0 saturated heterocycles. The number of benzene rings is 18. The van der Waals surface area contributed by atoms with Gasteiger partial charge in [-0.25, -0.2) is 49.8 Å². The summed E-state index contributed by atoms with van der Waals surface area (Å²) in [4.78, 5) is 51.4. The van der Waals surface area contributed by atoms with E-state index in [0.717, 1.165) is 134 Å². The molecule has 6 heterocycles. The Bertz CT molecular complexity index is 8560. The lowest BCUT2D eigenvalue weighted by Gasteiger charge is -2.25. The van der Waals surface area contributed by atoms with Gasteiger partial charge in [0.25, 0.3) is 0 Å². The molecule has 3 aliphatic carbocycles. The van der Waals surface area contributed by atoms with Gasteiger partial charge in [0.05, 0.1) is 56.4 Å². The van der Waals surface area contributed by atoms with Gasteiger partial charge < -0.3 is 0 Å². The fourth-order valence-electron chi connectivity index (χ4n) is 21.9. The molecular weight excluding hydrogens is 1710 g/mol. The Morgan fingerprint density at radius 2 is 0.390 bits per heavy atom. The number of hydrogen-bond donors (Lipinski definition) is 0. The lowest BCUT2D eigenvalue weighted by Crippen LogP contribution is -2.16. The van der Waals surface area contributed by atoms with Crippen molar-refractivity contribution in [2.75, 3.05) is 0 Å². The molecule has 141 heavy (non-hydrogen) atoms. The fraction of sp³-hybridized carbons (Fsp3) is 0.0687. The lowest BCUT2D eigenvalue weighted by molar-refractivity contribution is 0.661. The number of nitrogens with zero attached hydrogens (tertiary/aromatic N) is 10. The fourth-order valence-corrected chi connectivity index (χ4v) is 21.9. The summed E-state index contributed by atoms with van der Waals surface area (Å²) in [7, 11) is 0. The van der Waals surface area contributed by atoms with Crippen LogP contribution in [0.4, 0.5) is 0 Å². The van der Waals surface area contributed by atoms with Crippen LogP contribution >= 0.6 is 0 Å². The number of hydrogen-bond acceptors (Lipinski definition) is 10. The highest BCUT2D eigenvalue weighted by atomic mass is 15.0. The van der Waals surface area contributed by atoms with Gasteiger partial charge in [0.1, 0.15) is 0 Å². The summed E-state index contributed by atoms with van der Waals surface area (Å²) >= 11 is 0. The molecule has 18 aromatic carbocycles. The Labute approximate surface area is 818 Å². The summed E-state index contributed by atoms with van der Waals surface area (Å²) in [5.41, 5.74) is 37.0. The minimum atomic E-state index is -0.228. The average Bonchev–Trinajstić information content (AvgIpc) is 1.56. The predicted octanol–water partition coefficient (Wildman–Crippen LogP) is 32.9. The molecule has 0 bridgehead atoms. The molecule has 6 aromatic heterocycles. The van der Waals surface area contributed by atoms with Crippen LogP contribution in [-0.4, -0.2) is 49.8 Å². The van der Waals surface area contributed by atoms with Crippen molar-refractivity contribution in [2.24, 2.45) is 0 Å². The maximum absolute atomic E-state index is 5.45. The van der Waals surface area contributed by atoms with E-state index >= 15 is 0 Å². The van der Waals surface area contributed by atoms with Gasteiger partial charge in [0.2, 0.25) is 0 Å². The second-order valence-electron chi connectivity index (χ2n) is 38.4. The first-order chi connectivity index (χ1) is 69.2. The molecule has 27 rings (SSSR count). The molecule has 3 aliphatic rings. The third-order valence-corrected chi connectivity index (χ3v) is 28.8. The molecule has 10 nitrogen and oxygen atoms in total. The van der Waals surface area contributed by atoms with E-state index < -0.39 is 0 Å². The van der Waals surface area contributed by atoms with Gasteiger partial charge in [-0.15, -0.1) is 0 Å². The lowest BCUT2D eigenvalue weighted by atomic mass is 9.78. The quantitative estimate of drug-likeness (QED) is 0.109. The van der Waals surface area contributed by atoms with E-state index in [-0.39, 0.29) is 16.2 Å². The van der Waals surface area contributed by atoms with Crippen molar-refractivity contribution in [2.45, 2.75) is 57.8 Å². The summed E-state index contributed by atoms with van der Waals surface area (Å²) in [6, 6.07) is 157. The summed E-state index contributed by atoms with van der Waals surface area (Å²) in [6.07, 6.45) is 0. The highest BCUT2D eigenvalue weighted by Gasteiger charge is 2.44. The van der Waals surface area contributed by atoms with Gasteiger partial charge >= 0.3 is 0 Å². The highest BCUT2D eigenvalue weighted by Crippen LogP contribution is 2.58. The SMILES string of the molecule is CC1(C)c2ccccc2-c2nc3c(ccc4ccccc43)c(-c3ccc(-c4cc(-c5ccccc5)nc(-c5ccccc5)n4)cc3)c21.CC1(C)c2ccccc2-c2nc3c(ccc4ccccc43)c(-c3ccc(-c4nc(-c5ccccc5)nc(-c5ccccc5)n4)cc3)c21.CC1(C)c2ccccc2-c2nc3c(ccc4ccccc43)c(-c3cccc(-c4nc(-c5ccccc5)cc(-c5ccccc5)n4)c3)c21. The molecule has 0 N–H and O–H groups in total. The first-order valence-electron chi connectivity index (χ1n) is 48.3. The smallest absolute Gasteiger partial charge is 0.164 e. The van der Waals surface area contributed by atoms with Crippen molar-refractivity contribution in [1.29, 1.82) is 0 Å². The Kier molecular flexibility index (Phi) is 20.7. The van der Waals surface area contributed by atoms with E-state index in [1.54, 1.807) is 0 Å². The summed E-state index contributed by atoms with van der Waals surface area (Å²) < 4.78 is 0. The largest absolute Gasteiger partial charge is 0.247 e. The van der Waals surface area contributed by atoms with Crippen LogP contribution in [0.5, 0.6) is 0 Å². The number of rotatable bonds is 12. The summed E-state index contributed by atoms with van der Waals surface area (Å²) in [6.45, 7) is 14.0. The van der Waals surface area contributed by atoms with Gasteiger partial charge in [-0.2, -0.15) is 0 Å². The molecule has 0 unspecified atom stereocenters. The van der Waals surface area contributed by atoms with E-state index in [9.17, 15) is 0 Å². The Hall–Kier alpha value is -17.9. The van der Waals surface area contributed by atoms with E-state index in [4.69, 9.17) is 49.8 Å². The third-order valence-electron chi connectivity index (χ3n) is 28.8. The molecule has 0 saturated carbocycles. The zero-order chi connectivity index (χ0) is 94.6. The molecule has 0 atom stereocenters. The minimum absolute atomic E-state index is 0.200. The molecule has 0 spiro atoms. The molecule has 0 aliphatic heterocycles. The van der Waals surface area contributed by atoms with Crippen LogP contribution in [0.1, 0.15) is 74.9 Å². The molecular formula is C131H92N10. The third kappa shape index (κ3) is 14.8. The second kappa shape index (κ2) is 34.4. The van der Waals surface area contributed by atoms with Crippen molar-refractivity contribution in [3.8, 4) is 169 Å². The zero-order valence-corrected chi connectivity index (χ0v) is 78.7. The second-order valence-corrected chi connectivity index (χ2v) is 38.4. The van der Waals surface area contributed by atoms with Crippen LogP contribution in [-0.2, 0) is 16.2 Å². The van der Waals surface area contributed by atoms with Crippen molar-refractivity contribution in [3.63, 3.8) is 0 Å². The standard InChI is InChI=1S/2C44H31N3.C43H30N4/c1-44(2)36-23-12-11-22-34(36)42-40(44)39(35-25-24-28-14-9-10-21-33(28)41(35)47-42)31-19-13-20-32(26-31)43-45-37(29-15-5-3-6-16-29)27-38(46-43)30-17-7-4-8-18-30;1-44(2)36-20-12-11-19-34(36)42-40(44)39(35-26-25-28-13-9-10-18-33(28)41(35)47-42)31-23-21-30(22-24-31)38-27-37(29-14-5-3-6-15-29)45-43(46-38)32-16-7-4-8-17-32;1-43(2)35-20-12-11-19-33(35)39-37(43)36(34-26-25-27-13-9-10-18-32(27)38(34)44-39)28-21-23-31(24-22-28)42-46-40(29-14-5-3-6-15-29)45-41(47-42)30-16-7-4-8-17-30/h2*3-27H,1-2H3;3-26H,1-2H3. The topological polar surface area (TPSA) is 129 Å². The highest BCUT2D eigenvalue weighted by molar-refractivity contribution is 6.16. The zero-order valence-electron chi connectivity index (χ0n) is 78.7. The van der Waals surface area contributed by atoms with Crippen molar-refractivity contribution in [1.82, 2.24) is 49.8 Å². The van der Waals surface area contributed by atoms with E-state index in [1.807, 2.05) is 97.1 Å². The van der Waals surface area contributed by atoms with Gasteiger partial charge in [0, 0.05) is 115 Å². The van der Waals surface area contributed by atoms with E-state index in [2.05, 4.69) is 393 Å². The van der Waals surface area contributed by atoms with Gasteiger partial charge in [-0.3, -0.25) is 0 Å². The van der Waals surface area contributed by atoms with Gasteiger partial charge in [-0.05, 0) is 101 Å². The minimum Gasteiger partial charge on any atom is -0.247 e. The number of aromatic nitrogens is 10. The molecule has 0 radical (unpaired) electrons. The maximum atomic E-state index is 5.45. The van der Waals surface area contributed by atoms with Gasteiger partial charge in [-0.1, -0.05) is 472 Å². The van der Waals surface area contributed by atoms with Crippen LogP contribution in [0.3, 0.4) is 0 Å². The van der Waals surface area contributed by atoms with E-state index in [1.165, 1.54) is 110 Å². The Morgan fingerprint density at radius 1 is 0.156 bits per heavy atom. The van der Waals surface area contributed by atoms with Crippen LogP contribution in [0, 0.1) is 0 Å². The predicted molar refractivity (Wildman–Crippen MR) is 580 cm³/mol. The molecule has 0 amide bonds. The van der Waals surface area contributed by atoms with Crippen molar-refractivity contribution < 1.29 is 0 Å². The molecule has 10 heteroatoms. The first-order valence-corrected chi connectivity index (χ1v) is 48.3. The van der Waals surface area contributed by atoms with Crippen LogP contribution in [0.25, 0.3) is 234 Å². The number of pyridine rings is 3. The van der Waals surface area contributed by atoms with Crippen LogP contribution in [0.15, 0.2) is 449 Å². The van der Waals surface area contributed by atoms with Crippen LogP contribution < -0.4 is 0 Å². The molecule has 24 aromatic rings. The Morgan fingerprint density at radius 3 is 0.723 bits per heavy atom. The Balaban J connectivity index is 0.000000111. The normalized spacial score (nSPS) is 13.1. The van der Waals surface area contributed by atoms with E-state index in [0.29, 0.717) is 23.3 Å². The monoisotopic (exact) mass is 1800 g/mol. The summed E-state index contributed by atoms with van der Waals surface area (Å²) in [5, 5.41) is 10.6. The summed E-state index contributed by atoms with van der Waals surface area (Å²) in [5.74, 6) is 3.38. The first kappa shape index (κ1) is 84.9. The average molecular weight is 1810 g/mol. The molecule has 0 fully saturated rings. The maximum Gasteiger partial charge on any atom is 0.164 e. The van der Waals surface area contributed by atoms with Crippen molar-refractivity contribution in [3.05, 3.63) is 482 Å². The van der Waals surface area contributed by atoms with Gasteiger partial charge in [0.15, 0.2) is 29.1 Å². The van der Waals surface area contributed by atoms with Crippen LogP contribution in [0.2, 0.25) is 0 Å². The number of fused-ring (bicyclic) bond motifs is 18.